The first kappa shape index (κ1) is 17.5. The number of halogens is 2. The zero-order chi connectivity index (χ0) is 18.8. The Bertz CT molecular complexity index is 1220. The number of hydrogen-bond donors (Lipinski definition) is 0. The molecule has 0 amide bonds. The van der Waals surface area contributed by atoms with Crippen LogP contribution in [0, 0.1) is 0 Å². The SMILES string of the molecule is CCC1(CC)c2cc(Br)c3ccccc3c2-c2c1c(Br)cc1ccccc21. The Labute approximate surface area is 176 Å². The van der Waals surface area contributed by atoms with Crippen LogP contribution in [0.5, 0.6) is 0 Å². The van der Waals surface area contributed by atoms with Crippen molar-refractivity contribution in [2.45, 2.75) is 32.1 Å². The van der Waals surface area contributed by atoms with Crippen molar-refractivity contribution in [3.63, 3.8) is 0 Å². The van der Waals surface area contributed by atoms with Crippen LogP contribution in [-0.4, -0.2) is 0 Å². The van der Waals surface area contributed by atoms with Crippen molar-refractivity contribution >= 4 is 53.4 Å². The largest absolute Gasteiger partial charge is 0.0642 e. The maximum atomic E-state index is 3.96. The van der Waals surface area contributed by atoms with Crippen LogP contribution in [0.15, 0.2) is 69.6 Å². The second kappa shape index (κ2) is 6.18. The van der Waals surface area contributed by atoms with Gasteiger partial charge in [-0.2, -0.15) is 0 Å². The Kier molecular flexibility index (Phi) is 4.00. The van der Waals surface area contributed by atoms with Crippen molar-refractivity contribution < 1.29 is 0 Å². The summed E-state index contributed by atoms with van der Waals surface area (Å²) < 4.78 is 2.42. The van der Waals surface area contributed by atoms with Crippen LogP contribution in [0.2, 0.25) is 0 Å². The summed E-state index contributed by atoms with van der Waals surface area (Å²) in [6, 6.07) is 22.3. The van der Waals surface area contributed by atoms with Gasteiger partial charge in [0.25, 0.3) is 0 Å². The van der Waals surface area contributed by atoms with E-state index in [1.54, 1.807) is 0 Å². The average Bonchev–Trinajstić information content (AvgIpc) is 3.00. The first-order chi connectivity index (χ1) is 13.1. The first-order valence-electron chi connectivity index (χ1n) is 9.56. The van der Waals surface area contributed by atoms with Gasteiger partial charge in [-0.25, -0.2) is 0 Å². The predicted molar refractivity (Wildman–Crippen MR) is 124 cm³/mol. The lowest BCUT2D eigenvalue weighted by Crippen LogP contribution is -2.23. The van der Waals surface area contributed by atoms with E-state index in [1.807, 2.05) is 0 Å². The monoisotopic (exact) mass is 478 g/mol. The van der Waals surface area contributed by atoms with Gasteiger partial charge in [0.05, 0.1) is 0 Å². The molecule has 0 saturated carbocycles. The first-order valence-corrected chi connectivity index (χ1v) is 11.1. The fourth-order valence-electron chi connectivity index (χ4n) is 5.14. The van der Waals surface area contributed by atoms with Gasteiger partial charge in [-0.05, 0) is 68.8 Å². The number of rotatable bonds is 2. The van der Waals surface area contributed by atoms with E-state index in [9.17, 15) is 0 Å². The summed E-state index contributed by atoms with van der Waals surface area (Å²) in [6.07, 6.45) is 2.18. The third-order valence-corrected chi connectivity index (χ3v) is 7.73. The van der Waals surface area contributed by atoms with E-state index in [0.717, 1.165) is 12.8 Å². The number of benzene rings is 4. The van der Waals surface area contributed by atoms with Crippen LogP contribution < -0.4 is 0 Å². The molecule has 0 atom stereocenters. The summed E-state index contributed by atoms with van der Waals surface area (Å²) in [5.41, 5.74) is 5.81. The molecule has 0 bridgehead atoms. The zero-order valence-electron chi connectivity index (χ0n) is 15.4. The molecule has 0 saturated heterocycles. The molecule has 0 heterocycles. The molecular formula is C25H20Br2. The van der Waals surface area contributed by atoms with Gasteiger partial charge in [-0.1, -0.05) is 94.2 Å². The second-order valence-electron chi connectivity index (χ2n) is 7.45. The van der Waals surface area contributed by atoms with E-state index in [4.69, 9.17) is 0 Å². The average molecular weight is 480 g/mol. The van der Waals surface area contributed by atoms with E-state index >= 15 is 0 Å². The van der Waals surface area contributed by atoms with Gasteiger partial charge in [0.1, 0.15) is 0 Å². The Hall–Kier alpha value is -1.64. The van der Waals surface area contributed by atoms with Gasteiger partial charge in [0.15, 0.2) is 0 Å². The van der Waals surface area contributed by atoms with Crippen molar-refractivity contribution in [2.75, 3.05) is 0 Å². The smallest absolute Gasteiger partial charge is 0.0257 e. The Morgan fingerprint density at radius 2 is 1.33 bits per heavy atom. The normalized spacial score (nSPS) is 14.5. The molecular weight excluding hydrogens is 460 g/mol. The maximum Gasteiger partial charge on any atom is 0.0257 e. The number of hydrogen-bond acceptors (Lipinski definition) is 0. The summed E-state index contributed by atoms with van der Waals surface area (Å²) in [7, 11) is 0. The summed E-state index contributed by atoms with van der Waals surface area (Å²) in [5.74, 6) is 0. The van der Waals surface area contributed by atoms with Gasteiger partial charge in [-0.15, -0.1) is 0 Å². The molecule has 0 N–H and O–H groups in total. The molecule has 0 aliphatic heterocycles. The molecule has 27 heavy (non-hydrogen) atoms. The number of fused-ring (bicyclic) bond motifs is 7. The Balaban J connectivity index is 2.09. The van der Waals surface area contributed by atoms with Crippen molar-refractivity contribution in [1.29, 1.82) is 0 Å². The fourth-order valence-corrected chi connectivity index (χ4v) is 6.54. The summed E-state index contributed by atoms with van der Waals surface area (Å²) in [6.45, 7) is 4.65. The van der Waals surface area contributed by atoms with Crippen molar-refractivity contribution in [1.82, 2.24) is 0 Å². The van der Waals surface area contributed by atoms with Crippen LogP contribution in [0.3, 0.4) is 0 Å². The van der Waals surface area contributed by atoms with Crippen molar-refractivity contribution in [3.05, 3.63) is 80.7 Å². The van der Waals surface area contributed by atoms with E-state index in [1.165, 1.54) is 52.7 Å². The molecule has 0 aromatic heterocycles. The van der Waals surface area contributed by atoms with Gasteiger partial charge in [-0.3, -0.25) is 0 Å². The van der Waals surface area contributed by atoms with E-state index in [-0.39, 0.29) is 5.41 Å². The molecule has 1 aliphatic rings. The minimum Gasteiger partial charge on any atom is -0.0642 e. The molecule has 0 radical (unpaired) electrons. The molecule has 0 unspecified atom stereocenters. The second-order valence-corrected chi connectivity index (χ2v) is 9.15. The molecule has 0 spiro atoms. The highest BCUT2D eigenvalue weighted by Gasteiger charge is 2.43. The lowest BCUT2D eigenvalue weighted by Gasteiger charge is -2.31. The van der Waals surface area contributed by atoms with Gasteiger partial charge in [0.2, 0.25) is 0 Å². The maximum absolute atomic E-state index is 3.96. The molecule has 4 aromatic rings. The van der Waals surface area contributed by atoms with Crippen LogP contribution >= 0.6 is 31.9 Å². The topological polar surface area (TPSA) is 0 Å². The molecule has 0 nitrogen and oxygen atoms in total. The molecule has 4 aromatic carbocycles. The van der Waals surface area contributed by atoms with Crippen LogP contribution in [0.1, 0.15) is 37.8 Å². The van der Waals surface area contributed by atoms with E-state index in [0.29, 0.717) is 0 Å². The van der Waals surface area contributed by atoms with Gasteiger partial charge < -0.3 is 0 Å². The third-order valence-electron chi connectivity index (χ3n) is 6.45. The minimum absolute atomic E-state index is 0.0417. The van der Waals surface area contributed by atoms with Crippen LogP contribution in [-0.2, 0) is 5.41 Å². The molecule has 134 valence electrons. The van der Waals surface area contributed by atoms with Crippen LogP contribution in [0.25, 0.3) is 32.7 Å². The molecule has 2 heteroatoms. The third kappa shape index (κ3) is 2.20. The lowest BCUT2D eigenvalue weighted by molar-refractivity contribution is 0.489. The zero-order valence-corrected chi connectivity index (χ0v) is 18.6. The highest BCUT2D eigenvalue weighted by Crippen LogP contribution is 2.59. The fraction of sp³-hybridized carbons (Fsp3) is 0.200. The Morgan fingerprint density at radius 3 is 2.04 bits per heavy atom. The summed E-state index contributed by atoms with van der Waals surface area (Å²) in [4.78, 5) is 0. The van der Waals surface area contributed by atoms with Gasteiger partial charge >= 0.3 is 0 Å². The van der Waals surface area contributed by atoms with Crippen LogP contribution in [0.4, 0.5) is 0 Å². The minimum atomic E-state index is 0.0417. The Morgan fingerprint density at radius 1 is 0.704 bits per heavy atom. The van der Waals surface area contributed by atoms with E-state index < -0.39 is 0 Å². The molecule has 1 aliphatic carbocycles. The van der Waals surface area contributed by atoms with E-state index in [2.05, 4.69) is 106 Å². The molecule has 5 rings (SSSR count). The highest BCUT2D eigenvalue weighted by atomic mass is 79.9. The highest BCUT2D eigenvalue weighted by molar-refractivity contribution is 9.11. The molecule has 0 fully saturated rings. The quantitative estimate of drug-likeness (QED) is 0.270. The van der Waals surface area contributed by atoms with Crippen molar-refractivity contribution in [3.8, 4) is 11.1 Å². The standard InChI is InChI=1S/C25H20Br2/c1-3-25(4-2)19-14-20(26)17-11-7-8-12-18(17)22(19)23-16-10-6-5-9-15(16)13-21(27)24(23)25/h5-14H,3-4H2,1-2H3. The predicted octanol–water partition coefficient (Wildman–Crippen LogP) is 8.60. The van der Waals surface area contributed by atoms with Crippen molar-refractivity contribution in [2.24, 2.45) is 0 Å². The lowest BCUT2D eigenvalue weighted by atomic mass is 9.73. The summed E-state index contributed by atoms with van der Waals surface area (Å²) in [5, 5.41) is 5.28. The summed E-state index contributed by atoms with van der Waals surface area (Å²) >= 11 is 7.82. The van der Waals surface area contributed by atoms with Gasteiger partial charge in [0, 0.05) is 14.4 Å².